The van der Waals surface area contributed by atoms with Crippen molar-refractivity contribution in [3.63, 3.8) is 0 Å². The van der Waals surface area contributed by atoms with E-state index in [1.807, 2.05) is 0 Å². The summed E-state index contributed by atoms with van der Waals surface area (Å²) in [6.45, 7) is 4.37. The maximum atomic E-state index is 14.0. The number of anilines is 1. The second kappa shape index (κ2) is 11.6. The van der Waals surface area contributed by atoms with Crippen LogP contribution in [-0.2, 0) is 17.4 Å². The van der Waals surface area contributed by atoms with E-state index in [2.05, 4.69) is 10.2 Å². The van der Waals surface area contributed by atoms with Crippen LogP contribution < -0.4 is 15.0 Å². The van der Waals surface area contributed by atoms with Crippen molar-refractivity contribution < 1.29 is 27.8 Å². The van der Waals surface area contributed by atoms with Gasteiger partial charge in [0, 0.05) is 37.8 Å². The van der Waals surface area contributed by atoms with Crippen molar-refractivity contribution in [3.05, 3.63) is 59.2 Å². The van der Waals surface area contributed by atoms with Gasteiger partial charge in [-0.2, -0.15) is 13.2 Å². The summed E-state index contributed by atoms with van der Waals surface area (Å²) in [7, 11) is 1.52. The molecule has 0 aromatic heterocycles. The second-order valence-corrected chi connectivity index (χ2v) is 9.47. The molecule has 4 rings (SSSR count). The van der Waals surface area contributed by atoms with Crippen molar-refractivity contribution in [2.24, 2.45) is 0 Å². The number of benzene rings is 2. The summed E-state index contributed by atoms with van der Waals surface area (Å²) >= 11 is 0. The minimum atomic E-state index is -4.58. The highest BCUT2D eigenvalue weighted by atomic mass is 19.4. The van der Waals surface area contributed by atoms with Gasteiger partial charge in [0.15, 0.2) is 0 Å². The Bertz CT molecular complexity index is 1020. The van der Waals surface area contributed by atoms with Crippen molar-refractivity contribution in [3.8, 4) is 5.75 Å². The number of amides is 1. The van der Waals surface area contributed by atoms with Crippen molar-refractivity contribution in [1.82, 2.24) is 10.2 Å². The third-order valence-corrected chi connectivity index (χ3v) is 7.18. The molecule has 0 radical (unpaired) electrons. The highest BCUT2D eigenvalue weighted by molar-refractivity contribution is 5.99. The minimum absolute atomic E-state index is 0.0315. The number of halogens is 3. The molecule has 2 aromatic rings. The van der Waals surface area contributed by atoms with Crippen LogP contribution in [0.5, 0.6) is 5.75 Å². The summed E-state index contributed by atoms with van der Waals surface area (Å²) in [5.41, 5.74) is 0.0521. The van der Waals surface area contributed by atoms with Gasteiger partial charge in [0.05, 0.1) is 12.7 Å². The predicted molar refractivity (Wildman–Crippen MR) is 132 cm³/mol. The van der Waals surface area contributed by atoms with Crippen molar-refractivity contribution in [2.75, 3.05) is 51.3 Å². The standard InChI is InChI=1S/C27H34F3N3O3/c1-36-20-10-8-19(9-11-20)21-18-22-23(27(28,29)30)6-5-7-24(22)33(26(35)25(21)34)17-13-31-12-16-32-14-3-2-4-15-32/h5-11,21,25,31,34H,2-4,12-18H2,1H3/t21-,25+/m0/s1. The summed E-state index contributed by atoms with van der Waals surface area (Å²) < 4.78 is 47.1. The van der Waals surface area contributed by atoms with Gasteiger partial charge in [0.25, 0.3) is 5.91 Å². The molecule has 0 bridgehead atoms. The molecule has 0 spiro atoms. The first kappa shape index (κ1) is 26.4. The van der Waals surface area contributed by atoms with Gasteiger partial charge in [-0.3, -0.25) is 4.79 Å². The van der Waals surface area contributed by atoms with E-state index in [9.17, 15) is 23.1 Å². The molecule has 2 N–H and O–H groups in total. The SMILES string of the molecule is COc1ccc([C@@H]2Cc3c(cccc3C(F)(F)F)N(CCNCCN3CCCCC3)C(=O)[C@@H]2O)cc1. The molecule has 1 amide bonds. The number of carbonyl (C=O) groups is 1. The average molecular weight is 506 g/mol. The van der Waals surface area contributed by atoms with E-state index >= 15 is 0 Å². The Kier molecular flexibility index (Phi) is 8.54. The van der Waals surface area contributed by atoms with Crippen LogP contribution >= 0.6 is 0 Å². The van der Waals surface area contributed by atoms with E-state index < -0.39 is 29.7 Å². The molecule has 6 nitrogen and oxygen atoms in total. The summed E-state index contributed by atoms with van der Waals surface area (Å²) in [6, 6.07) is 10.6. The van der Waals surface area contributed by atoms with Crippen LogP contribution in [0, 0.1) is 0 Å². The molecule has 2 aliphatic heterocycles. The quantitative estimate of drug-likeness (QED) is 0.534. The lowest BCUT2D eigenvalue weighted by molar-refractivity contribution is -0.138. The van der Waals surface area contributed by atoms with Crippen molar-refractivity contribution >= 4 is 11.6 Å². The molecular formula is C27H34F3N3O3. The third kappa shape index (κ3) is 6.02. The van der Waals surface area contributed by atoms with E-state index in [4.69, 9.17) is 4.74 Å². The Labute approximate surface area is 210 Å². The second-order valence-electron chi connectivity index (χ2n) is 9.47. The lowest BCUT2D eigenvalue weighted by Gasteiger charge is -2.28. The molecule has 2 aliphatic rings. The Morgan fingerprint density at radius 1 is 1.03 bits per heavy atom. The van der Waals surface area contributed by atoms with Gasteiger partial charge in [-0.05, 0) is 67.7 Å². The monoisotopic (exact) mass is 505 g/mol. The molecule has 1 fully saturated rings. The number of hydrogen-bond acceptors (Lipinski definition) is 5. The molecule has 0 unspecified atom stereocenters. The highest BCUT2D eigenvalue weighted by Gasteiger charge is 2.41. The highest BCUT2D eigenvalue weighted by Crippen LogP contribution is 2.42. The molecule has 2 aromatic carbocycles. The number of aliphatic hydroxyl groups excluding tert-OH is 1. The first-order valence-electron chi connectivity index (χ1n) is 12.5. The van der Waals surface area contributed by atoms with Crippen LogP contribution in [0.4, 0.5) is 18.9 Å². The first-order chi connectivity index (χ1) is 17.3. The van der Waals surface area contributed by atoms with Crippen molar-refractivity contribution in [1.29, 1.82) is 0 Å². The first-order valence-corrected chi connectivity index (χ1v) is 12.5. The fourth-order valence-electron chi connectivity index (χ4n) is 5.21. The molecule has 1 saturated heterocycles. The van der Waals surface area contributed by atoms with Crippen LogP contribution in [0.25, 0.3) is 0 Å². The number of nitrogens with zero attached hydrogens (tertiary/aromatic N) is 2. The Morgan fingerprint density at radius 3 is 2.39 bits per heavy atom. The molecule has 36 heavy (non-hydrogen) atoms. The number of ether oxygens (including phenoxy) is 1. The zero-order valence-corrected chi connectivity index (χ0v) is 20.6. The summed E-state index contributed by atoms with van der Waals surface area (Å²) in [5.74, 6) is -0.823. The number of piperidine rings is 1. The molecule has 196 valence electrons. The summed E-state index contributed by atoms with van der Waals surface area (Å²) in [4.78, 5) is 17.1. The minimum Gasteiger partial charge on any atom is -0.497 e. The van der Waals surface area contributed by atoms with Crippen LogP contribution in [0.2, 0.25) is 0 Å². The lowest BCUT2D eigenvalue weighted by Crippen LogP contribution is -2.44. The van der Waals surface area contributed by atoms with Gasteiger partial charge >= 0.3 is 6.18 Å². The number of likely N-dealkylation sites (tertiary alicyclic amines) is 1. The maximum Gasteiger partial charge on any atom is 0.416 e. The number of nitrogens with one attached hydrogen (secondary N) is 1. The number of aliphatic hydroxyl groups is 1. The van der Waals surface area contributed by atoms with Crippen LogP contribution in [0.3, 0.4) is 0 Å². The molecule has 9 heteroatoms. The molecular weight excluding hydrogens is 471 g/mol. The van der Waals surface area contributed by atoms with Gasteiger partial charge in [-0.1, -0.05) is 24.6 Å². The van der Waals surface area contributed by atoms with E-state index in [1.165, 1.54) is 37.3 Å². The summed E-state index contributed by atoms with van der Waals surface area (Å²) in [5, 5.41) is 14.4. The topological polar surface area (TPSA) is 65.0 Å². The van der Waals surface area contributed by atoms with Gasteiger partial charge in [0.2, 0.25) is 0 Å². The van der Waals surface area contributed by atoms with E-state index in [0.717, 1.165) is 32.2 Å². The number of carbonyl (C=O) groups excluding carboxylic acids is 1. The fraction of sp³-hybridized carbons (Fsp3) is 0.519. The molecule has 2 heterocycles. The van der Waals surface area contributed by atoms with Crippen LogP contribution in [-0.4, -0.2) is 68.4 Å². The molecule has 0 aliphatic carbocycles. The average Bonchev–Trinajstić information content (AvgIpc) is 2.98. The third-order valence-electron chi connectivity index (χ3n) is 7.18. The van der Waals surface area contributed by atoms with E-state index in [-0.39, 0.29) is 24.2 Å². The Morgan fingerprint density at radius 2 is 1.72 bits per heavy atom. The predicted octanol–water partition coefficient (Wildman–Crippen LogP) is 3.82. The number of fused-ring (bicyclic) bond motifs is 1. The number of hydrogen-bond donors (Lipinski definition) is 2. The fourth-order valence-corrected chi connectivity index (χ4v) is 5.21. The van der Waals surface area contributed by atoms with Gasteiger partial charge in [0.1, 0.15) is 11.9 Å². The van der Waals surface area contributed by atoms with Gasteiger partial charge in [-0.25, -0.2) is 0 Å². The normalized spacial score (nSPS) is 21.2. The smallest absolute Gasteiger partial charge is 0.416 e. The molecule has 0 saturated carbocycles. The number of rotatable bonds is 8. The van der Waals surface area contributed by atoms with Crippen LogP contribution in [0.15, 0.2) is 42.5 Å². The number of methoxy groups -OCH3 is 1. The summed E-state index contributed by atoms with van der Waals surface area (Å²) in [6.07, 6.45) is -2.49. The van der Waals surface area contributed by atoms with E-state index in [0.29, 0.717) is 17.9 Å². The molecule has 2 atom stereocenters. The zero-order chi connectivity index (χ0) is 25.7. The van der Waals surface area contributed by atoms with Crippen molar-refractivity contribution in [2.45, 2.75) is 43.9 Å². The lowest BCUT2D eigenvalue weighted by atomic mass is 9.86. The Balaban J connectivity index is 1.56. The maximum absolute atomic E-state index is 14.0. The van der Waals surface area contributed by atoms with E-state index in [1.54, 1.807) is 30.3 Å². The largest absolute Gasteiger partial charge is 0.497 e. The number of alkyl halides is 3. The zero-order valence-electron chi connectivity index (χ0n) is 20.6. The van der Waals surface area contributed by atoms with Crippen LogP contribution in [0.1, 0.15) is 41.9 Å². The Hall–Kier alpha value is -2.62. The van der Waals surface area contributed by atoms with Gasteiger partial charge in [-0.15, -0.1) is 0 Å². The van der Waals surface area contributed by atoms with Gasteiger partial charge < -0.3 is 25.0 Å².